The molecule has 0 fully saturated rings. The molecule has 0 bridgehead atoms. The molecule has 0 saturated carbocycles. The Hall–Kier alpha value is -3.09. The Kier molecular flexibility index (Phi) is 13.5. The zero-order chi connectivity index (χ0) is 26.4. The monoisotopic (exact) mass is 522 g/mol. The van der Waals surface area contributed by atoms with Crippen LogP contribution in [0.5, 0.6) is 0 Å². The molecule has 1 aromatic heterocycles. The van der Waals surface area contributed by atoms with Gasteiger partial charge in [0.1, 0.15) is 0 Å². The molecule has 3 aromatic carbocycles. The van der Waals surface area contributed by atoms with E-state index in [2.05, 4.69) is 157 Å². The van der Waals surface area contributed by atoms with Crippen molar-refractivity contribution in [2.75, 3.05) is 0 Å². The van der Waals surface area contributed by atoms with Crippen LogP contribution in [0.2, 0.25) is 0 Å². The molecular weight excluding hydrogens is 498 g/mol. The van der Waals surface area contributed by atoms with Gasteiger partial charge in [-0.05, 0) is 0 Å². The van der Waals surface area contributed by atoms with Crippen LogP contribution in [0.15, 0.2) is 85.2 Å². The molecule has 0 amide bonds. The molecule has 177 valence electrons. The summed E-state index contributed by atoms with van der Waals surface area (Å²) >= 11 is 3.85. The van der Waals surface area contributed by atoms with Gasteiger partial charge in [0, 0.05) is 0 Å². The third-order valence-electron chi connectivity index (χ3n) is 4.97. The maximum absolute atomic E-state index is 7.50. The third kappa shape index (κ3) is 7.70. The average molecular weight is 522 g/mol. The fourth-order valence-corrected chi connectivity index (χ4v) is 6.26. The Morgan fingerprint density at radius 1 is 0.714 bits per heavy atom. The molecule has 0 aliphatic heterocycles. The molecule has 7 heteroatoms. The van der Waals surface area contributed by atoms with Gasteiger partial charge in [-0.3, -0.25) is 0 Å². The Bertz CT molecular complexity index is 1250. The van der Waals surface area contributed by atoms with Crippen LogP contribution in [0.4, 0.5) is 0 Å². The van der Waals surface area contributed by atoms with Gasteiger partial charge in [-0.25, -0.2) is 0 Å². The summed E-state index contributed by atoms with van der Waals surface area (Å²) in [5, 5.41) is 2.67. The molecule has 0 radical (unpaired) electrons. The quantitative estimate of drug-likeness (QED) is 0.148. The van der Waals surface area contributed by atoms with Gasteiger partial charge in [0.25, 0.3) is 0 Å². The summed E-state index contributed by atoms with van der Waals surface area (Å²) in [7, 11) is -0.625. The van der Waals surface area contributed by atoms with Crippen molar-refractivity contribution in [1.29, 1.82) is 0 Å². The van der Waals surface area contributed by atoms with E-state index in [0.717, 1.165) is 4.32 Å². The standard InChI is InChI=1S/C25H24N2P.3CO.Mn/c1-20-16-21(2)25(22(3)17-20)27-15-14-26(18-27)19-28(23-10-6-4-7-11-23)24-12-8-5-9-13-24;3*1-2;/h4-17,19H,1-3H3;;;;/q-1;;;;. The number of nitrogens with zero attached hydrogens (tertiary/aromatic N) is 2. The van der Waals surface area contributed by atoms with Crippen molar-refractivity contribution >= 4 is 18.5 Å². The van der Waals surface area contributed by atoms with E-state index in [9.17, 15) is 0 Å². The number of imidazole rings is 1. The second-order valence-electron chi connectivity index (χ2n) is 7.25. The SMILES string of the molecule is Cc1cc(C)c(-n2ccn([CH-]P(c3ccccc3)c3ccccc3)[c]2=[Mn])c(C)c1.[C-]#[O+].[C-]#[O+].[C-]#[O+]. The van der Waals surface area contributed by atoms with Gasteiger partial charge in [0.15, 0.2) is 0 Å². The zero-order valence-corrected chi connectivity index (χ0v) is 21.7. The number of rotatable bonds is 5. The van der Waals surface area contributed by atoms with Gasteiger partial charge in [-0.15, -0.1) is 0 Å². The van der Waals surface area contributed by atoms with Gasteiger partial charge in [-0.1, -0.05) is 0 Å². The number of aryl methyl sites for hydroxylation is 3. The summed E-state index contributed by atoms with van der Waals surface area (Å²) in [6.45, 7) is 20.0. The molecule has 0 N–H and O–H groups in total. The van der Waals surface area contributed by atoms with Gasteiger partial charge >= 0.3 is 216 Å². The minimum atomic E-state index is -0.625. The second-order valence-corrected chi connectivity index (χ2v) is 9.78. The molecule has 0 aliphatic rings. The Labute approximate surface area is 215 Å². The first kappa shape index (κ1) is 29.9. The Morgan fingerprint density at radius 2 is 1.14 bits per heavy atom. The van der Waals surface area contributed by atoms with Crippen LogP contribution >= 0.6 is 7.92 Å². The van der Waals surface area contributed by atoms with Crippen molar-refractivity contribution in [3.63, 3.8) is 0 Å². The van der Waals surface area contributed by atoms with E-state index in [-0.39, 0.29) is 0 Å². The summed E-state index contributed by atoms with van der Waals surface area (Å²) in [6, 6.07) is 26.0. The molecule has 0 spiro atoms. The van der Waals surface area contributed by atoms with E-state index in [1.807, 2.05) is 0 Å². The van der Waals surface area contributed by atoms with Crippen molar-refractivity contribution < 1.29 is 29.5 Å². The van der Waals surface area contributed by atoms with E-state index in [4.69, 9.17) is 14.0 Å². The van der Waals surface area contributed by atoms with Crippen LogP contribution in [0.3, 0.4) is 0 Å². The zero-order valence-electron chi connectivity index (χ0n) is 19.6. The van der Waals surface area contributed by atoms with Crippen LogP contribution < -0.4 is 10.6 Å². The van der Waals surface area contributed by atoms with Crippen molar-refractivity contribution in [2.45, 2.75) is 20.8 Å². The predicted molar refractivity (Wildman–Crippen MR) is 132 cm³/mol. The molecule has 4 rings (SSSR count). The first-order valence-electron chi connectivity index (χ1n) is 10.3. The normalized spacial score (nSPS) is 9.31. The number of hydrogen-bond acceptors (Lipinski definition) is 0. The van der Waals surface area contributed by atoms with Gasteiger partial charge in [-0.2, -0.15) is 0 Å². The molecule has 5 nitrogen and oxygen atoms in total. The number of hydrogen-bond donors (Lipinski definition) is 0. The maximum atomic E-state index is 7.50. The summed E-state index contributed by atoms with van der Waals surface area (Å²) in [4.78, 5) is 0. The summed E-state index contributed by atoms with van der Waals surface area (Å²) in [5.74, 6) is 0. The Morgan fingerprint density at radius 3 is 1.57 bits per heavy atom. The number of benzene rings is 3. The van der Waals surface area contributed by atoms with Crippen LogP contribution in [0, 0.1) is 51.3 Å². The minimum absolute atomic E-state index is 0.625. The first-order chi connectivity index (χ1) is 17.0. The van der Waals surface area contributed by atoms with Crippen molar-refractivity contribution in [3.05, 3.63) is 132 Å². The summed E-state index contributed by atoms with van der Waals surface area (Å²) < 4.78 is 27.9. The van der Waals surface area contributed by atoms with Crippen LogP contribution in [0.25, 0.3) is 5.69 Å². The van der Waals surface area contributed by atoms with E-state index in [0.29, 0.717) is 0 Å². The summed E-state index contributed by atoms with van der Waals surface area (Å²) in [6.07, 6.45) is 6.60. The molecular formula is C28H24MnN2O3P-. The van der Waals surface area contributed by atoms with E-state index < -0.39 is 7.92 Å². The van der Waals surface area contributed by atoms with Crippen LogP contribution in [-0.2, 0) is 29.5 Å². The van der Waals surface area contributed by atoms with E-state index in [1.165, 1.54) is 33.0 Å². The summed E-state index contributed by atoms with van der Waals surface area (Å²) in [5.41, 5.74) is 5.08. The van der Waals surface area contributed by atoms with Crippen molar-refractivity contribution in [2.24, 2.45) is 0 Å². The molecule has 0 aliphatic carbocycles. The van der Waals surface area contributed by atoms with Gasteiger partial charge in [0.05, 0.1) is 0 Å². The average Bonchev–Trinajstić information content (AvgIpc) is 3.26. The van der Waals surface area contributed by atoms with Crippen molar-refractivity contribution in [1.82, 2.24) is 9.13 Å². The Balaban J connectivity index is 0.000000949. The van der Waals surface area contributed by atoms with E-state index in [1.54, 1.807) is 0 Å². The molecule has 4 aromatic rings. The molecule has 1 heterocycles. The third-order valence-corrected chi connectivity index (χ3v) is 7.75. The first-order valence-corrected chi connectivity index (χ1v) is 12.3. The van der Waals surface area contributed by atoms with Crippen LogP contribution in [0.1, 0.15) is 16.7 Å². The predicted octanol–water partition coefficient (Wildman–Crippen LogP) is 5.27. The van der Waals surface area contributed by atoms with Crippen molar-refractivity contribution in [3.8, 4) is 5.69 Å². The molecule has 0 saturated heterocycles. The number of aromatic nitrogens is 2. The van der Waals surface area contributed by atoms with Gasteiger partial charge < -0.3 is 0 Å². The van der Waals surface area contributed by atoms with E-state index >= 15 is 0 Å². The fraction of sp³-hybridized carbons (Fsp3) is 0.107. The fourth-order valence-electron chi connectivity index (χ4n) is 3.78. The second kappa shape index (κ2) is 15.7. The molecule has 35 heavy (non-hydrogen) atoms. The van der Waals surface area contributed by atoms with Gasteiger partial charge in [0.2, 0.25) is 0 Å². The molecule has 0 atom stereocenters. The van der Waals surface area contributed by atoms with Crippen LogP contribution in [-0.4, -0.2) is 9.13 Å². The molecule has 0 unspecified atom stereocenters. The topological polar surface area (TPSA) is 69.6 Å².